The Hall–Kier alpha value is -0.860. The lowest BCUT2D eigenvalue weighted by molar-refractivity contribution is 0.457. The zero-order valence-corrected chi connectivity index (χ0v) is 5.66. The molecule has 0 unspecified atom stereocenters. The van der Waals surface area contributed by atoms with Gasteiger partial charge in [0.2, 0.25) is 12.3 Å². The summed E-state index contributed by atoms with van der Waals surface area (Å²) in [6.45, 7) is 4.23. The van der Waals surface area contributed by atoms with Gasteiger partial charge in [-0.25, -0.2) is 0 Å². The Bertz CT molecular complexity index is 158. The third-order valence-corrected chi connectivity index (χ3v) is 0.988. The van der Waals surface area contributed by atoms with Gasteiger partial charge in [0, 0.05) is 6.42 Å². The lowest BCUT2D eigenvalue weighted by Gasteiger charge is -1.95. The standard InChI is InChI=1S/C6H10N2O/c1-5(2)3-6-8-7-4-9-6/h4-5H,3H2,1-2H3. The Kier molecular flexibility index (Phi) is 1.82. The Balaban J connectivity index is 2.48. The first-order valence-corrected chi connectivity index (χ1v) is 3.04. The normalized spacial score (nSPS) is 10.6. The zero-order valence-electron chi connectivity index (χ0n) is 5.66. The van der Waals surface area contributed by atoms with Crippen molar-refractivity contribution >= 4 is 0 Å². The summed E-state index contributed by atoms with van der Waals surface area (Å²) in [5, 5.41) is 7.30. The summed E-state index contributed by atoms with van der Waals surface area (Å²) in [5.41, 5.74) is 0. The molecule has 1 heterocycles. The summed E-state index contributed by atoms with van der Waals surface area (Å²) in [7, 11) is 0. The Labute approximate surface area is 54.1 Å². The van der Waals surface area contributed by atoms with E-state index in [1.165, 1.54) is 6.39 Å². The summed E-state index contributed by atoms with van der Waals surface area (Å²) in [6, 6.07) is 0. The number of rotatable bonds is 2. The fourth-order valence-corrected chi connectivity index (χ4v) is 0.634. The molecule has 0 atom stereocenters. The molecule has 0 aliphatic rings. The molecule has 0 radical (unpaired) electrons. The first-order chi connectivity index (χ1) is 4.29. The highest BCUT2D eigenvalue weighted by atomic mass is 16.4. The topological polar surface area (TPSA) is 38.9 Å². The molecule has 0 aliphatic heterocycles. The van der Waals surface area contributed by atoms with Gasteiger partial charge in [0.15, 0.2) is 0 Å². The van der Waals surface area contributed by atoms with E-state index in [9.17, 15) is 0 Å². The van der Waals surface area contributed by atoms with E-state index in [1.807, 2.05) is 0 Å². The largest absolute Gasteiger partial charge is 0.428 e. The van der Waals surface area contributed by atoms with Crippen LogP contribution in [0.2, 0.25) is 0 Å². The number of nitrogens with zero attached hydrogens (tertiary/aromatic N) is 2. The predicted octanol–water partition coefficient (Wildman–Crippen LogP) is 1.27. The van der Waals surface area contributed by atoms with Crippen molar-refractivity contribution in [3.63, 3.8) is 0 Å². The second-order valence-corrected chi connectivity index (χ2v) is 2.43. The lowest BCUT2D eigenvalue weighted by Crippen LogP contribution is -1.93. The van der Waals surface area contributed by atoms with Gasteiger partial charge >= 0.3 is 0 Å². The van der Waals surface area contributed by atoms with E-state index >= 15 is 0 Å². The smallest absolute Gasteiger partial charge is 0.216 e. The highest BCUT2D eigenvalue weighted by Gasteiger charge is 2.00. The molecule has 0 amide bonds. The van der Waals surface area contributed by atoms with Crippen LogP contribution in [0, 0.1) is 5.92 Å². The molecule has 0 fully saturated rings. The van der Waals surface area contributed by atoms with E-state index in [4.69, 9.17) is 4.42 Å². The molecule has 3 nitrogen and oxygen atoms in total. The van der Waals surface area contributed by atoms with E-state index in [-0.39, 0.29) is 0 Å². The molecule has 3 heteroatoms. The van der Waals surface area contributed by atoms with Gasteiger partial charge in [-0.05, 0) is 5.92 Å². The van der Waals surface area contributed by atoms with Crippen LogP contribution in [-0.4, -0.2) is 10.2 Å². The third-order valence-electron chi connectivity index (χ3n) is 0.988. The van der Waals surface area contributed by atoms with Gasteiger partial charge in [0.05, 0.1) is 0 Å². The monoisotopic (exact) mass is 126 g/mol. The number of hydrogen-bond donors (Lipinski definition) is 0. The van der Waals surface area contributed by atoms with Crippen molar-refractivity contribution in [1.29, 1.82) is 0 Å². The second kappa shape index (κ2) is 2.62. The van der Waals surface area contributed by atoms with Gasteiger partial charge in [-0.15, -0.1) is 10.2 Å². The van der Waals surface area contributed by atoms with Crippen LogP contribution in [-0.2, 0) is 6.42 Å². The van der Waals surface area contributed by atoms with Crippen LogP contribution in [0.15, 0.2) is 10.8 Å². The minimum absolute atomic E-state index is 0.588. The molecule has 0 bridgehead atoms. The lowest BCUT2D eigenvalue weighted by atomic mass is 10.1. The van der Waals surface area contributed by atoms with Gasteiger partial charge in [-0.2, -0.15) is 0 Å². The first-order valence-electron chi connectivity index (χ1n) is 3.04. The van der Waals surface area contributed by atoms with E-state index in [2.05, 4.69) is 24.0 Å². The van der Waals surface area contributed by atoms with Crippen molar-refractivity contribution in [2.24, 2.45) is 5.92 Å². The van der Waals surface area contributed by atoms with Gasteiger partial charge < -0.3 is 4.42 Å². The van der Waals surface area contributed by atoms with E-state index < -0.39 is 0 Å². The molecule has 50 valence electrons. The van der Waals surface area contributed by atoms with Crippen LogP contribution in [0.25, 0.3) is 0 Å². The summed E-state index contributed by atoms with van der Waals surface area (Å²) < 4.78 is 4.92. The third kappa shape index (κ3) is 1.83. The summed E-state index contributed by atoms with van der Waals surface area (Å²) in [5.74, 6) is 1.32. The molecule has 1 aromatic rings. The van der Waals surface area contributed by atoms with Crippen molar-refractivity contribution in [2.75, 3.05) is 0 Å². The second-order valence-electron chi connectivity index (χ2n) is 2.43. The van der Waals surface area contributed by atoms with Crippen molar-refractivity contribution in [2.45, 2.75) is 20.3 Å². The van der Waals surface area contributed by atoms with Crippen molar-refractivity contribution in [3.05, 3.63) is 12.3 Å². The summed E-state index contributed by atoms with van der Waals surface area (Å²) in [4.78, 5) is 0. The van der Waals surface area contributed by atoms with E-state index in [0.717, 1.165) is 12.3 Å². The van der Waals surface area contributed by atoms with Crippen molar-refractivity contribution in [3.8, 4) is 0 Å². The van der Waals surface area contributed by atoms with Crippen LogP contribution in [0.4, 0.5) is 0 Å². The summed E-state index contributed by atoms with van der Waals surface area (Å²) >= 11 is 0. The summed E-state index contributed by atoms with van der Waals surface area (Å²) in [6.07, 6.45) is 2.23. The van der Waals surface area contributed by atoms with Gasteiger partial charge in [0.1, 0.15) is 0 Å². The average Bonchev–Trinajstić information content (AvgIpc) is 2.15. The highest BCUT2D eigenvalue weighted by molar-refractivity contribution is 4.73. The van der Waals surface area contributed by atoms with Gasteiger partial charge in [-0.3, -0.25) is 0 Å². The van der Waals surface area contributed by atoms with E-state index in [0.29, 0.717) is 5.92 Å². The number of hydrogen-bond acceptors (Lipinski definition) is 3. The quantitative estimate of drug-likeness (QED) is 0.599. The molecule has 0 saturated heterocycles. The fraction of sp³-hybridized carbons (Fsp3) is 0.667. The van der Waals surface area contributed by atoms with Gasteiger partial charge in [0.25, 0.3) is 0 Å². The molecule has 0 aliphatic carbocycles. The maximum absolute atomic E-state index is 4.92. The molecule has 1 rings (SSSR count). The van der Waals surface area contributed by atoms with Gasteiger partial charge in [-0.1, -0.05) is 13.8 Å². The molecule has 0 aromatic carbocycles. The zero-order chi connectivity index (χ0) is 6.69. The predicted molar refractivity (Wildman–Crippen MR) is 32.8 cm³/mol. The van der Waals surface area contributed by atoms with Crippen LogP contribution in [0.3, 0.4) is 0 Å². The van der Waals surface area contributed by atoms with Crippen LogP contribution < -0.4 is 0 Å². The molecule has 1 aromatic heterocycles. The minimum Gasteiger partial charge on any atom is -0.428 e. The maximum Gasteiger partial charge on any atom is 0.216 e. The van der Waals surface area contributed by atoms with E-state index in [1.54, 1.807) is 0 Å². The molecule has 0 spiro atoms. The molecule has 0 saturated carbocycles. The SMILES string of the molecule is CC(C)Cc1nnco1. The maximum atomic E-state index is 4.92. The van der Waals surface area contributed by atoms with Crippen molar-refractivity contribution in [1.82, 2.24) is 10.2 Å². The fourth-order valence-electron chi connectivity index (χ4n) is 0.634. The Morgan fingerprint density at radius 3 is 2.89 bits per heavy atom. The van der Waals surface area contributed by atoms with Crippen molar-refractivity contribution < 1.29 is 4.42 Å². The van der Waals surface area contributed by atoms with Crippen LogP contribution in [0.1, 0.15) is 19.7 Å². The highest BCUT2D eigenvalue weighted by Crippen LogP contribution is 2.02. The molecular formula is C6H10N2O. The molecular weight excluding hydrogens is 116 g/mol. The molecule has 0 N–H and O–H groups in total. The van der Waals surface area contributed by atoms with Crippen LogP contribution >= 0.6 is 0 Å². The average molecular weight is 126 g/mol. The number of aromatic nitrogens is 2. The Morgan fingerprint density at radius 2 is 2.44 bits per heavy atom. The minimum atomic E-state index is 0.588. The molecule has 9 heavy (non-hydrogen) atoms. The van der Waals surface area contributed by atoms with Crippen LogP contribution in [0.5, 0.6) is 0 Å². The Morgan fingerprint density at radius 1 is 1.67 bits per heavy atom. The first kappa shape index (κ1) is 6.26.